The smallest absolute Gasteiger partial charge is 0.268 e. The Balaban J connectivity index is 1.77. The Morgan fingerprint density at radius 1 is 1.37 bits per heavy atom. The van der Waals surface area contributed by atoms with Crippen molar-refractivity contribution in [3.8, 4) is 0 Å². The minimum atomic E-state index is -0.0530. The Bertz CT molecular complexity index is 715. The van der Waals surface area contributed by atoms with E-state index in [4.69, 9.17) is 0 Å². The Labute approximate surface area is 114 Å². The van der Waals surface area contributed by atoms with Crippen LogP contribution in [-0.4, -0.2) is 15.5 Å². The summed E-state index contributed by atoms with van der Waals surface area (Å²) in [6, 6.07) is 7.75. The Kier molecular flexibility index (Phi) is 3.05. The topological polar surface area (TPSA) is 46.9 Å². The number of fused-ring (bicyclic) bond motifs is 1. The highest BCUT2D eigenvalue weighted by molar-refractivity contribution is 7.17. The molecule has 0 aliphatic rings. The second kappa shape index (κ2) is 4.85. The zero-order chi connectivity index (χ0) is 13.2. The molecule has 3 aromatic heterocycles. The van der Waals surface area contributed by atoms with E-state index in [1.54, 1.807) is 23.7 Å². The molecule has 96 valence electrons. The first-order chi connectivity index (χ1) is 9.25. The van der Waals surface area contributed by atoms with Crippen molar-refractivity contribution in [2.45, 2.75) is 6.54 Å². The second-order valence-electron chi connectivity index (χ2n) is 4.30. The van der Waals surface area contributed by atoms with E-state index in [1.165, 1.54) is 0 Å². The fraction of sp³-hybridized carbons (Fsp3) is 0.143. The Morgan fingerprint density at radius 3 is 2.89 bits per heavy atom. The third kappa shape index (κ3) is 2.24. The van der Waals surface area contributed by atoms with Gasteiger partial charge in [0.15, 0.2) is 0 Å². The van der Waals surface area contributed by atoms with Gasteiger partial charge in [0.05, 0.1) is 10.2 Å². The van der Waals surface area contributed by atoms with Gasteiger partial charge in [-0.05, 0) is 35.2 Å². The van der Waals surface area contributed by atoms with Crippen molar-refractivity contribution >= 4 is 27.5 Å². The predicted molar refractivity (Wildman–Crippen MR) is 76.2 cm³/mol. The minimum Gasteiger partial charge on any atom is -0.347 e. The van der Waals surface area contributed by atoms with Gasteiger partial charge in [-0.15, -0.1) is 11.3 Å². The van der Waals surface area contributed by atoms with Crippen LogP contribution in [0.5, 0.6) is 0 Å². The lowest BCUT2D eigenvalue weighted by atomic mass is 10.2. The van der Waals surface area contributed by atoms with E-state index in [1.807, 2.05) is 41.3 Å². The summed E-state index contributed by atoms with van der Waals surface area (Å²) in [6.07, 6.45) is 3.44. The van der Waals surface area contributed by atoms with Gasteiger partial charge in [-0.25, -0.2) is 0 Å². The van der Waals surface area contributed by atoms with Crippen LogP contribution in [0.1, 0.15) is 16.1 Å². The monoisotopic (exact) mass is 271 g/mol. The van der Waals surface area contributed by atoms with Crippen LogP contribution in [0.4, 0.5) is 0 Å². The Hall–Kier alpha value is -2.14. The number of aryl methyl sites for hydroxylation is 1. The number of aromatic nitrogens is 2. The van der Waals surface area contributed by atoms with Gasteiger partial charge < -0.3 is 9.88 Å². The van der Waals surface area contributed by atoms with Crippen molar-refractivity contribution in [3.63, 3.8) is 0 Å². The van der Waals surface area contributed by atoms with E-state index in [0.717, 1.165) is 15.8 Å². The summed E-state index contributed by atoms with van der Waals surface area (Å²) >= 11 is 1.65. The van der Waals surface area contributed by atoms with E-state index < -0.39 is 0 Å². The summed E-state index contributed by atoms with van der Waals surface area (Å²) in [7, 11) is 1.91. The van der Waals surface area contributed by atoms with Crippen LogP contribution < -0.4 is 5.32 Å². The molecule has 0 unspecified atom stereocenters. The molecule has 0 bridgehead atoms. The van der Waals surface area contributed by atoms with Gasteiger partial charge >= 0.3 is 0 Å². The maximum atomic E-state index is 12.2. The average Bonchev–Trinajstić information content (AvgIpc) is 3.01. The standard InChI is InChI=1S/C14H13N3OS/c1-17-11-4-7-19-13(11)8-12(17)14(18)16-9-10-2-5-15-6-3-10/h2-8H,9H2,1H3,(H,16,18). The molecule has 0 fully saturated rings. The number of pyridine rings is 1. The Morgan fingerprint density at radius 2 is 2.16 bits per heavy atom. The number of hydrogen-bond donors (Lipinski definition) is 1. The van der Waals surface area contributed by atoms with Crippen molar-refractivity contribution in [1.29, 1.82) is 0 Å². The molecule has 19 heavy (non-hydrogen) atoms. The highest BCUT2D eigenvalue weighted by Crippen LogP contribution is 2.24. The molecule has 1 N–H and O–H groups in total. The molecule has 0 aliphatic heterocycles. The van der Waals surface area contributed by atoms with Crippen LogP contribution in [-0.2, 0) is 13.6 Å². The molecule has 3 heterocycles. The van der Waals surface area contributed by atoms with E-state index in [9.17, 15) is 4.79 Å². The van der Waals surface area contributed by atoms with Gasteiger partial charge in [-0.3, -0.25) is 9.78 Å². The van der Waals surface area contributed by atoms with Crippen LogP contribution in [0.25, 0.3) is 10.2 Å². The highest BCUT2D eigenvalue weighted by Gasteiger charge is 2.13. The van der Waals surface area contributed by atoms with Gasteiger partial charge in [-0.1, -0.05) is 0 Å². The molecule has 0 saturated heterocycles. The lowest BCUT2D eigenvalue weighted by Crippen LogP contribution is -2.24. The first-order valence-corrected chi connectivity index (χ1v) is 6.83. The van der Waals surface area contributed by atoms with Crippen molar-refractivity contribution in [2.24, 2.45) is 7.05 Å². The average molecular weight is 271 g/mol. The number of carbonyl (C=O) groups is 1. The molecule has 0 atom stereocenters. The number of nitrogens with one attached hydrogen (secondary N) is 1. The van der Waals surface area contributed by atoms with Gasteiger partial charge in [0.2, 0.25) is 0 Å². The lowest BCUT2D eigenvalue weighted by molar-refractivity contribution is 0.0943. The van der Waals surface area contributed by atoms with Crippen molar-refractivity contribution < 1.29 is 4.79 Å². The first-order valence-electron chi connectivity index (χ1n) is 5.96. The number of hydrogen-bond acceptors (Lipinski definition) is 3. The van der Waals surface area contributed by atoms with Gasteiger partial charge in [0, 0.05) is 26.0 Å². The summed E-state index contributed by atoms with van der Waals surface area (Å²) in [5.41, 5.74) is 2.83. The molecule has 1 amide bonds. The molecule has 0 spiro atoms. The van der Waals surface area contributed by atoms with Crippen LogP contribution in [0.15, 0.2) is 42.0 Å². The summed E-state index contributed by atoms with van der Waals surface area (Å²) in [4.78, 5) is 16.1. The second-order valence-corrected chi connectivity index (χ2v) is 5.24. The van der Waals surface area contributed by atoms with E-state index in [2.05, 4.69) is 10.3 Å². The summed E-state index contributed by atoms with van der Waals surface area (Å²) in [6.45, 7) is 0.514. The van der Waals surface area contributed by atoms with E-state index >= 15 is 0 Å². The summed E-state index contributed by atoms with van der Waals surface area (Å²) < 4.78 is 3.06. The maximum Gasteiger partial charge on any atom is 0.268 e. The summed E-state index contributed by atoms with van der Waals surface area (Å²) in [5, 5.41) is 4.95. The minimum absolute atomic E-state index is 0.0530. The molecule has 3 rings (SSSR count). The van der Waals surface area contributed by atoms with Crippen LogP contribution in [0, 0.1) is 0 Å². The van der Waals surface area contributed by atoms with Crippen LogP contribution >= 0.6 is 11.3 Å². The van der Waals surface area contributed by atoms with Gasteiger partial charge in [0.1, 0.15) is 5.69 Å². The van der Waals surface area contributed by atoms with Crippen LogP contribution in [0.3, 0.4) is 0 Å². The molecule has 0 aliphatic carbocycles. The largest absolute Gasteiger partial charge is 0.347 e. The van der Waals surface area contributed by atoms with E-state index in [0.29, 0.717) is 12.2 Å². The molecule has 5 heteroatoms. The molecule has 0 radical (unpaired) electrons. The first kappa shape index (κ1) is 11.9. The van der Waals surface area contributed by atoms with Crippen LogP contribution in [0.2, 0.25) is 0 Å². The molecular weight excluding hydrogens is 258 g/mol. The molecule has 3 aromatic rings. The van der Waals surface area contributed by atoms with Gasteiger partial charge in [-0.2, -0.15) is 0 Å². The zero-order valence-electron chi connectivity index (χ0n) is 10.5. The quantitative estimate of drug-likeness (QED) is 0.796. The number of amides is 1. The fourth-order valence-electron chi connectivity index (χ4n) is 2.04. The zero-order valence-corrected chi connectivity index (χ0v) is 11.3. The molecule has 0 aromatic carbocycles. The fourth-order valence-corrected chi connectivity index (χ4v) is 2.89. The number of rotatable bonds is 3. The molecule has 0 saturated carbocycles. The molecular formula is C14H13N3OS. The normalized spacial score (nSPS) is 10.8. The van der Waals surface area contributed by atoms with Crippen molar-refractivity contribution in [3.05, 3.63) is 53.3 Å². The molecule has 4 nitrogen and oxygen atoms in total. The third-order valence-electron chi connectivity index (χ3n) is 3.10. The number of carbonyl (C=O) groups excluding carboxylic acids is 1. The van der Waals surface area contributed by atoms with Crippen molar-refractivity contribution in [1.82, 2.24) is 14.9 Å². The highest BCUT2D eigenvalue weighted by atomic mass is 32.1. The van der Waals surface area contributed by atoms with Crippen molar-refractivity contribution in [2.75, 3.05) is 0 Å². The third-order valence-corrected chi connectivity index (χ3v) is 3.95. The SMILES string of the molecule is Cn1c(C(=O)NCc2ccncc2)cc2sccc21. The number of thiophene rings is 1. The lowest BCUT2D eigenvalue weighted by Gasteiger charge is -2.06. The predicted octanol–water partition coefficient (Wildman–Crippen LogP) is 2.56. The van der Waals surface area contributed by atoms with Gasteiger partial charge in [0.25, 0.3) is 5.91 Å². The maximum absolute atomic E-state index is 12.2. The van der Waals surface area contributed by atoms with E-state index in [-0.39, 0.29) is 5.91 Å². The number of nitrogens with zero attached hydrogens (tertiary/aromatic N) is 2. The summed E-state index contributed by atoms with van der Waals surface area (Å²) in [5.74, 6) is -0.0530.